The zero-order valence-corrected chi connectivity index (χ0v) is 13.0. The molecule has 0 aliphatic heterocycles. The minimum atomic E-state index is -1.03. The summed E-state index contributed by atoms with van der Waals surface area (Å²) in [7, 11) is 3.41. The van der Waals surface area contributed by atoms with Crippen LogP contribution in [0.2, 0.25) is 5.02 Å². The smallest absolute Gasteiger partial charge is 0.328 e. The number of hydrogen-bond donors (Lipinski definition) is 2. The number of benzene rings is 1. The van der Waals surface area contributed by atoms with E-state index in [-0.39, 0.29) is 11.8 Å². The number of carbonyl (C=O) groups excluding carboxylic acids is 1. The molecule has 1 rings (SSSR count). The molecule has 1 atom stereocenters. The lowest BCUT2D eigenvalue weighted by Crippen LogP contribution is -2.34. The highest BCUT2D eigenvalue weighted by Crippen LogP contribution is 2.30. The van der Waals surface area contributed by atoms with E-state index in [9.17, 15) is 9.59 Å². The first-order chi connectivity index (χ1) is 9.86. The number of rotatable bonds is 6. The third-order valence-electron chi connectivity index (χ3n) is 3.05. The average Bonchev–Trinajstić information content (AvgIpc) is 2.43. The maximum atomic E-state index is 11.6. The van der Waals surface area contributed by atoms with Gasteiger partial charge in [0.25, 0.3) is 0 Å². The number of carboxylic acids is 1. The zero-order chi connectivity index (χ0) is 16.0. The minimum Gasteiger partial charge on any atom is -0.478 e. The monoisotopic (exact) mass is 310 g/mol. The van der Waals surface area contributed by atoms with E-state index in [2.05, 4.69) is 5.32 Å². The summed E-state index contributed by atoms with van der Waals surface area (Å²) >= 11 is 6.21. The van der Waals surface area contributed by atoms with Gasteiger partial charge < -0.3 is 15.3 Å². The molecule has 0 aliphatic carbocycles. The van der Waals surface area contributed by atoms with Crippen LogP contribution < -0.4 is 10.2 Å². The summed E-state index contributed by atoms with van der Waals surface area (Å²) in [5.74, 6) is -1.30. The Balaban J connectivity index is 3.05. The fraction of sp³-hybridized carbons (Fsp3) is 0.333. The molecular weight excluding hydrogens is 292 g/mol. The van der Waals surface area contributed by atoms with E-state index >= 15 is 0 Å². The largest absolute Gasteiger partial charge is 0.478 e. The van der Waals surface area contributed by atoms with Crippen LogP contribution in [0, 0.1) is 5.92 Å². The number of aliphatic carboxylic acids is 1. The highest BCUT2D eigenvalue weighted by atomic mass is 35.5. The fourth-order valence-corrected chi connectivity index (χ4v) is 2.39. The van der Waals surface area contributed by atoms with E-state index in [1.54, 1.807) is 25.2 Å². The molecule has 1 amide bonds. The zero-order valence-electron chi connectivity index (χ0n) is 12.3. The van der Waals surface area contributed by atoms with Gasteiger partial charge in [-0.2, -0.15) is 0 Å². The molecule has 0 fully saturated rings. The average molecular weight is 311 g/mol. The number of carboxylic acid groups (broad SMARTS) is 1. The number of hydrogen-bond acceptors (Lipinski definition) is 3. The molecule has 1 unspecified atom stereocenters. The molecule has 114 valence electrons. The molecule has 0 aromatic heterocycles. The third kappa shape index (κ3) is 4.79. The highest BCUT2D eigenvalue weighted by Gasteiger charge is 2.17. The molecule has 0 heterocycles. The molecule has 0 bridgehead atoms. The van der Waals surface area contributed by atoms with Crippen molar-refractivity contribution in [1.82, 2.24) is 5.32 Å². The Morgan fingerprint density at radius 3 is 2.71 bits per heavy atom. The van der Waals surface area contributed by atoms with Crippen molar-refractivity contribution in [2.45, 2.75) is 6.92 Å². The summed E-state index contributed by atoms with van der Waals surface area (Å²) in [6.07, 6.45) is 2.55. The first kappa shape index (κ1) is 17.0. The number of amides is 1. The van der Waals surface area contributed by atoms with Crippen LogP contribution in [-0.2, 0) is 9.59 Å². The number of nitrogens with one attached hydrogen (secondary N) is 1. The molecule has 1 aromatic carbocycles. The van der Waals surface area contributed by atoms with Crippen LogP contribution in [0.25, 0.3) is 6.08 Å². The third-order valence-corrected chi connectivity index (χ3v) is 3.35. The molecule has 6 heteroatoms. The summed E-state index contributed by atoms with van der Waals surface area (Å²) in [4.78, 5) is 24.1. The second-order valence-electron chi connectivity index (χ2n) is 4.75. The van der Waals surface area contributed by atoms with E-state index in [1.807, 2.05) is 18.9 Å². The van der Waals surface area contributed by atoms with Gasteiger partial charge in [0.05, 0.1) is 16.6 Å². The van der Waals surface area contributed by atoms with Gasteiger partial charge in [0.2, 0.25) is 5.91 Å². The number of halogens is 1. The quantitative estimate of drug-likeness (QED) is 0.791. The van der Waals surface area contributed by atoms with E-state index < -0.39 is 5.97 Å². The summed E-state index contributed by atoms with van der Waals surface area (Å²) in [6.45, 7) is 2.29. The standard InChI is InChI=1S/C15H19ClN2O3/c1-10(15(21)17-2)9-18(3)14-11(7-8-13(19)20)5-4-6-12(14)16/h4-8,10H,9H2,1-3H3,(H,17,21)(H,19,20)/b8-7+. The maximum absolute atomic E-state index is 11.6. The van der Waals surface area contributed by atoms with Gasteiger partial charge >= 0.3 is 5.97 Å². The van der Waals surface area contributed by atoms with E-state index in [1.165, 1.54) is 6.08 Å². The van der Waals surface area contributed by atoms with E-state index in [4.69, 9.17) is 16.7 Å². The lowest BCUT2D eigenvalue weighted by molar-refractivity contribution is -0.131. The van der Waals surface area contributed by atoms with Gasteiger partial charge in [0, 0.05) is 26.7 Å². The molecular formula is C15H19ClN2O3. The van der Waals surface area contributed by atoms with Crippen LogP contribution in [0.5, 0.6) is 0 Å². The number of para-hydroxylation sites is 1. The summed E-state index contributed by atoms with van der Waals surface area (Å²) in [6, 6.07) is 5.27. The highest BCUT2D eigenvalue weighted by molar-refractivity contribution is 6.33. The molecule has 0 saturated heterocycles. The van der Waals surface area contributed by atoms with Crippen LogP contribution in [-0.4, -0.2) is 37.6 Å². The van der Waals surface area contributed by atoms with E-state index in [0.717, 1.165) is 6.08 Å². The van der Waals surface area contributed by atoms with Crippen molar-refractivity contribution in [2.24, 2.45) is 5.92 Å². The van der Waals surface area contributed by atoms with Crippen molar-refractivity contribution in [2.75, 3.05) is 25.5 Å². The lowest BCUT2D eigenvalue weighted by Gasteiger charge is -2.25. The Morgan fingerprint density at radius 1 is 1.48 bits per heavy atom. The number of anilines is 1. The summed E-state index contributed by atoms with van der Waals surface area (Å²) in [5.41, 5.74) is 1.39. The fourth-order valence-electron chi connectivity index (χ4n) is 2.06. The number of carbonyl (C=O) groups is 2. The molecule has 1 aromatic rings. The molecule has 0 aliphatic rings. The Bertz CT molecular complexity index is 558. The lowest BCUT2D eigenvalue weighted by atomic mass is 10.1. The molecule has 5 nitrogen and oxygen atoms in total. The van der Waals surface area contributed by atoms with Crippen LogP contribution in [0.15, 0.2) is 24.3 Å². The van der Waals surface area contributed by atoms with Crippen molar-refractivity contribution in [1.29, 1.82) is 0 Å². The topological polar surface area (TPSA) is 69.6 Å². The second kappa shape index (κ2) is 7.69. The normalized spacial score (nSPS) is 12.2. The number of nitrogens with zero attached hydrogens (tertiary/aromatic N) is 1. The van der Waals surface area contributed by atoms with Crippen molar-refractivity contribution in [3.63, 3.8) is 0 Å². The molecule has 2 N–H and O–H groups in total. The molecule has 21 heavy (non-hydrogen) atoms. The first-order valence-corrected chi connectivity index (χ1v) is 6.86. The molecule has 0 spiro atoms. The van der Waals surface area contributed by atoms with Crippen LogP contribution in [0.3, 0.4) is 0 Å². The van der Waals surface area contributed by atoms with Crippen molar-refractivity contribution < 1.29 is 14.7 Å². The second-order valence-corrected chi connectivity index (χ2v) is 5.15. The maximum Gasteiger partial charge on any atom is 0.328 e. The van der Waals surface area contributed by atoms with Gasteiger partial charge in [-0.15, -0.1) is 0 Å². The van der Waals surface area contributed by atoms with Gasteiger partial charge in [-0.3, -0.25) is 4.79 Å². The van der Waals surface area contributed by atoms with Crippen LogP contribution in [0.1, 0.15) is 12.5 Å². The predicted molar refractivity (Wildman–Crippen MR) is 84.6 cm³/mol. The van der Waals surface area contributed by atoms with Crippen molar-refractivity contribution in [3.8, 4) is 0 Å². The van der Waals surface area contributed by atoms with Crippen LogP contribution in [0.4, 0.5) is 5.69 Å². The molecule has 0 saturated carbocycles. The van der Waals surface area contributed by atoms with Gasteiger partial charge in [-0.25, -0.2) is 4.79 Å². The predicted octanol–water partition coefficient (Wildman–Crippen LogP) is 2.26. The van der Waals surface area contributed by atoms with Gasteiger partial charge in [0.15, 0.2) is 0 Å². The summed E-state index contributed by atoms with van der Waals surface area (Å²) < 4.78 is 0. The van der Waals surface area contributed by atoms with Crippen molar-refractivity contribution >= 4 is 35.2 Å². The van der Waals surface area contributed by atoms with E-state index in [0.29, 0.717) is 22.8 Å². The Kier molecular flexibility index (Phi) is 6.24. The molecule has 0 radical (unpaired) electrons. The summed E-state index contributed by atoms with van der Waals surface area (Å²) in [5, 5.41) is 11.8. The SMILES string of the molecule is CNC(=O)C(C)CN(C)c1c(Cl)cccc1/C=C/C(=O)O. The Morgan fingerprint density at radius 2 is 2.14 bits per heavy atom. The van der Waals surface area contributed by atoms with Gasteiger partial charge in [-0.1, -0.05) is 30.7 Å². The Labute approximate surface area is 129 Å². The van der Waals surface area contributed by atoms with Gasteiger partial charge in [-0.05, 0) is 17.7 Å². The van der Waals surface area contributed by atoms with Gasteiger partial charge in [0.1, 0.15) is 0 Å². The minimum absolute atomic E-state index is 0.0588. The Hall–Kier alpha value is -2.01. The van der Waals surface area contributed by atoms with Crippen LogP contribution >= 0.6 is 11.6 Å². The van der Waals surface area contributed by atoms with Crippen molar-refractivity contribution in [3.05, 3.63) is 34.9 Å². The first-order valence-electron chi connectivity index (χ1n) is 6.49.